The summed E-state index contributed by atoms with van der Waals surface area (Å²) >= 11 is 0. The number of aliphatic carboxylic acids is 1. The van der Waals surface area contributed by atoms with Crippen molar-refractivity contribution in [2.45, 2.75) is 63.5 Å². The predicted molar refractivity (Wildman–Crippen MR) is 137 cm³/mol. The van der Waals surface area contributed by atoms with E-state index in [0.29, 0.717) is 12.0 Å². The smallest absolute Gasteiger partial charge is 0.410 e. The number of amides is 3. The minimum Gasteiger partial charge on any atom is -0.480 e. The zero-order valence-corrected chi connectivity index (χ0v) is 22.8. The van der Waals surface area contributed by atoms with Gasteiger partial charge in [0.05, 0.1) is 12.2 Å². The highest BCUT2D eigenvalue weighted by Gasteiger charge is 2.40. The second-order valence-electron chi connectivity index (χ2n) is 10.5. The lowest BCUT2D eigenvalue weighted by molar-refractivity contribution is -0.149. The van der Waals surface area contributed by atoms with Crippen molar-refractivity contribution in [2.24, 2.45) is 0 Å². The van der Waals surface area contributed by atoms with Crippen LogP contribution in [0.1, 0.15) is 45.6 Å². The van der Waals surface area contributed by atoms with Crippen molar-refractivity contribution in [3.8, 4) is 0 Å². The number of piperazine rings is 1. The number of hydrogen-bond donors (Lipinski definition) is 2. The maximum Gasteiger partial charge on any atom is 0.410 e. The zero-order chi connectivity index (χ0) is 28.1. The molecule has 0 bridgehead atoms. The predicted octanol–water partition coefficient (Wildman–Crippen LogP) is 1.02. The monoisotopic (exact) mass is 552 g/mol. The topological polar surface area (TPSA) is 154 Å². The lowest BCUT2D eigenvalue weighted by Gasteiger charge is -2.36. The molecule has 1 aromatic rings. The Labute approximate surface area is 222 Å². The molecule has 38 heavy (non-hydrogen) atoms. The molecule has 1 aromatic carbocycles. The van der Waals surface area contributed by atoms with Gasteiger partial charge >= 0.3 is 12.1 Å². The minimum absolute atomic E-state index is 0.162. The molecular weight excluding hydrogens is 516 g/mol. The summed E-state index contributed by atoms with van der Waals surface area (Å²) in [5.41, 5.74) is -0.154. The molecule has 2 aliphatic rings. The number of carbonyl (C=O) groups is 4. The number of sulfonamides is 1. The van der Waals surface area contributed by atoms with Crippen LogP contribution in [-0.4, -0.2) is 103 Å². The van der Waals surface area contributed by atoms with Crippen molar-refractivity contribution >= 4 is 33.9 Å². The number of carboxylic acid groups (broad SMARTS) is 1. The van der Waals surface area contributed by atoms with Gasteiger partial charge in [0.15, 0.2) is 0 Å². The summed E-state index contributed by atoms with van der Waals surface area (Å²) in [6.45, 7) is 6.28. The van der Waals surface area contributed by atoms with Gasteiger partial charge < -0.3 is 24.5 Å². The van der Waals surface area contributed by atoms with Crippen LogP contribution in [0.25, 0.3) is 0 Å². The van der Waals surface area contributed by atoms with Crippen LogP contribution in [0.5, 0.6) is 0 Å². The van der Waals surface area contributed by atoms with Crippen LogP contribution in [0, 0.1) is 0 Å². The number of carboxylic acids is 1. The number of carbonyl (C=O) groups excluding carboxylic acids is 3. The Balaban J connectivity index is 1.71. The number of likely N-dealkylation sites (tertiary alicyclic amines) is 1. The van der Waals surface area contributed by atoms with E-state index in [4.69, 9.17) is 4.74 Å². The fourth-order valence-electron chi connectivity index (χ4n) is 4.49. The Kier molecular flexibility index (Phi) is 9.36. The van der Waals surface area contributed by atoms with Crippen molar-refractivity contribution < 1.29 is 37.4 Å². The highest BCUT2D eigenvalue weighted by Crippen LogP contribution is 2.21. The Morgan fingerprint density at radius 1 is 1.03 bits per heavy atom. The van der Waals surface area contributed by atoms with Crippen molar-refractivity contribution in [1.29, 1.82) is 0 Å². The molecular formula is C25H36N4O8S. The SMILES string of the molecule is CC(C)(C)OC(=O)N1CCN(C(=O)C[C@@H](NS(=O)(=O)Cc2ccccc2)C(=O)N2CCC[C@H]2C(=O)O)CC1. The maximum atomic E-state index is 13.4. The van der Waals surface area contributed by atoms with E-state index >= 15 is 0 Å². The van der Waals surface area contributed by atoms with Crippen LogP contribution < -0.4 is 4.72 Å². The van der Waals surface area contributed by atoms with Crippen molar-refractivity contribution in [3.05, 3.63) is 35.9 Å². The van der Waals surface area contributed by atoms with Gasteiger partial charge in [-0.1, -0.05) is 30.3 Å². The Morgan fingerprint density at radius 3 is 2.21 bits per heavy atom. The van der Waals surface area contributed by atoms with Crippen LogP contribution >= 0.6 is 0 Å². The van der Waals surface area contributed by atoms with Crippen LogP contribution in [0.15, 0.2) is 30.3 Å². The average molecular weight is 553 g/mol. The molecule has 0 spiro atoms. The van der Waals surface area contributed by atoms with E-state index in [1.807, 2.05) is 0 Å². The van der Waals surface area contributed by atoms with Crippen LogP contribution in [0.2, 0.25) is 0 Å². The molecule has 2 fully saturated rings. The third-order valence-corrected chi connectivity index (χ3v) is 7.66. The Morgan fingerprint density at radius 2 is 1.63 bits per heavy atom. The Hall–Kier alpha value is -3.19. The van der Waals surface area contributed by atoms with Gasteiger partial charge in [-0.25, -0.2) is 22.7 Å². The third kappa shape index (κ3) is 8.15. The second kappa shape index (κ2) is 12.1. The molecule has 13 heteroatoms. The highest BCUT2D eigenvalue weighted by atomic mass is 32.2. The van der Waals surface area contributed by atoms with Gasteiger partial charge in [-0.3, -0.25) is 9.59 Å². The molecule has 0 unspecified atom stereocenters. The van der Waals surface area contributed by atoms with Crippen molar-refractivity contribution in [1.82, 2.24) is 19.4 Å². The summed E-state index contributed by atoms with van der Waals surface area (Å²) in [6.07, 6.45) is -0.236. The van der Waals surface area contributed by atoms with Crippen molar-refractivity contribution in [2.75, 3.05) is 32.7 Å². The third-order valence-electron chi connectivity index (χ3n) is 6.30. The van der Waals surface area contributed by atoms with Gasteiger partial charge in [-0.05, 0) is 39.2 Å². The minimum atomic E-state index is -4.05. The molecule has 2 saturated heterocycles. The molecule has 3 amide bonds. The van der Waals surface area contributed by atoms with Gasteiger partial charge in [0.1, 0.15) is 17.7 Å². The Bertz CT molecular complexity index is 1130. The van der Waals surface area contributed by atoms with E-state index in [2.05, 4.69) is 4.72 Å². The number of hydrogen-bond acceptors (Lipinski definition) is 7. The molecule has 3 rings (SSSR count). The molecule has 0 radical (unpaired) electrons. The number of benzene rings is 1. The highest BCUT2D eigenvalue weighted by molar-refractivity contribution is 7.88. The van der Waals surface area contributed by atoms with Gasteiger partial charge in [-0.2, -0.15) is 0 Å². The number of ether oxygens (including phenoxy) is 1. The van der Waals surface area contributed by atoms with E-state index in [-0.39, 0.29) is 39.1 Å². The van der Waals surface area contributed by atoms with Gasteiger partial charge in [0.2, 0.25) is 21.8 Å². The molecule has 0 saturated carbocycles. The first kappa shape index (κ1) is 29.4. The van der Waals surface area contributed by atoms with E-state index < -0.39 is 63.8 Å². The molecule has 2 aliphatic heterocycles. The number of nitrogens with one attached hydrogen (secondary N) is 1. The van der Waals surface area contributed by atoms with Crippen LogP contribution in [-0.2, 0) is 34.9 Å². The van der Waals surface area contributed by atoms with E-state index in [9.17, 15) is 32.7 Å². The fraction of sp³-hybridized carbons (Fsp3) is 0.600. The normalized spacial score (nSPS) is 19.2. The zero-order valence-electron chi connectivity index (χ0n) is 22.0. The molecule has 2 N–H and O–H groups in total. The van der Waals surface area contributed by atoms with Crippen LogP contribution in [0.4, 0.5) is 4.79 Å². The second-order valence-corrected chi connectivity index (χ2v) is 12.2. The fourth-order valence-corrected chi connectivity index (χ4v) is 5.82. The standard InChI is InChI=1S/C25H36N4O8S/c1-25(2,3)37-24(34)28-14-12-27(13-15-28)21(30)16-19(22(31)29-11-7-10-20(29)23(32)33)26-38(35,36)17-18-8-5-4-6-9-18/h4-6,8-9,19-20,26H,7,10-17H2,1-3H3,(H,32,33)/t19-,20+/m1/s1. The quantitative estimate of drug-likeness (QED) is 0.485. The lowest BCUT2D eigenvalue weighted by Crippen LogP contribution is -2.55. The number of rotatable bonds is 8. The number of nitrogens with zero attached hydrogens (tertiary/aromatic N) is 3. The first-order valence-corrected chi connectivity index (χ1v) is 14.2. The van der Waals surface area contributed by atoms with E-state index in [1.54, 1.807) is 51.1 Å². The summed E-state index contributed by atoms with van der Waals surface area (Å²) < 4.78 is 33.6. The molecule has 0 aliphatic carbocycles. The van der Waals surface area contributed by atoms with Crippen molar-refractivity contribution in [3.63, 3.8) is 0 Å². The summed E-state index contributed by atoms with van der Waals surface area (Å²) in [6, 6.07) is 5.86. The molecule has 210 valence electrons. The van der Waals surface area contributed by atoms with Gasteiger partial charge in [0.25, 0.3) is 0 Å². The first-order chi connectivity index (χ1) is 17.8. The van der Waals surface area contributed by atoms with E-state index in [1.165, 1.54) is 9.80 Å². The van der Waals surface area contributed by atoms with Gasteiger partial charge in [0, 0.05) is 32.7 Å². The summed E-state index contributed by atoms with van der Waals surface area (Å²) in [4.78, 5) is 54.6. The summed E-state index contributed by atoms with van der Waals surface area (Å²) in [5, 5.41) is 9.52. The van der Waals surface area contributed by atoms with E-state index in [0.717, 1.165) is 4.90 Å². The van der Waals surface area contributed by atoms with Crippen LogP contribution in [0.3, 0.4) is 0 Å². The molecule has 0 aromatic heterocycles. The first-order valence-electron chi connectivity index (χ1n) is 12.6. The lowest BCUT2D eigenvalue weighted by atomic mass is 10.1. The molecule has 12 nitrogen and oxygen atoms in total. The average Bonchev–Trinajstić information content (AvgIpc) is 3.33. The van der Waals surface area contributed by atoms with Gasteiger partial charge in [-0.15, -0.1) is 0 Å². The largest absolute Gasteiger partial charge is 0.480 e. The maximum absolute atomic E-state index is 13.4. The summed E-state index contributed by atoms with van der Waals surface area (Å²) in [5.74, 6) is -2.79. The summed E-state index contributed by atoms with van der Waals surface area (Å²) in [7, 11) is -4.05. The molecule has 2 atom stereocenters. The molecule has 2 heterocycles.